The van der Waals surface area contributed by atoms with E-state index in [0.29, 0.717) is 34.3 Å². The van der Waals surface area contributed by atoms with Crippen LogP contribution in [0.1, 0.15) is 37.3 Å². The third kappa shape index (κ3) is 5.46. The molecule has 174 valence electrons. The van der Waals surface area contributed by atoms with Crippen LogP contribution in [-0.2, 0) is 14.3 Å². The van der Waals surface area contributed by atoms with Crippen LogP contribution in [0.4, 0.5) is 5.69 Å². The fourth-order valence-electron chi connectivity index (χ4n) is 4.15. The highest BCUT2D eigenvalue weighted by Gasteiger charge is 2.39. The lowest BCUT2D eigenvalue weighted by Gasteiger charge is -2.27. The van der Waals surface area contributed by atoms with Gasteiger partial charge < -0.3 is 10.1 Å². The lowest BCUT2D eigenvalue weighted by Crippen LogP contribution is -2.39. The van der Waals surface area contributed by atoms with Crippen LogP contribution in [-0.4, -0.2) is 61.0 Å². The molecule has 33 heavy (non-hydrogen) atoms. The maximum absolute atomic E-state index is 13.4. The molecule has 0 spiro atoms. The first-order valence-electron chi connectivity index (χ1n) is 11.5. The Kier molecular flexibility index (Phi) is 7.48. The summed E-state index contributed by atoms with van der Waals surface area (Å²) in [7, 11) is 0. The highest BCUT2D eigenvalue weighted by molar-refractivity contribution is 6.36. The van der Waals surface area contributed by atoms with Crippen molar-refractivity contribution in [2.45, 2.75) is 26.2 Å². The Morgan fingerprint density at radius 3 is 2.24 bits per heavy atom. The number of nitrogens with one attached hydrogen (secondary N) is 1. The first-order chi connectivity index (χ1) is 15.9. The molecule has 2 aromatic carbocycles. The Morgan fingerprint density at radius 2 is 1.61 bits per heavy atom. The van der Waals surface area contributed by atoms with E-state index in [1.54, 1.807) is 24.3 Å². The Balaban J connectivity index is 1.55. The van der Waals surface area contributed by atoms with Gasteiger partial charge in [0.25, 0.3) is 11.8 Å². The van der Waals surface area contributed by atoms with Crippen molar-refractivity contribution in [1.82, 2.24) is 9.80 Å². The van der Waals surface area contributed by atoms with Crippen molar-refractivity contribution in [2.24, 2.45) is 0 Å². The molecule has 1 N–H and O–H groups in total. The number of hydrogen-bond donors (Lipinski definition) is 1. The maximum Gasteiger partial charge on any atom is 0.278 e. The lowest BCUT2D eigenvalue weighted by molar-refractivity contribution is -0.136. The van der Waals surface area contributed by atoms with Gasteiger partial charge in [0.1, 0.15) is 5.70 Å². The molecule has 0 atom stereocenters. The second kappa shape index (κ2) is 10.5. The fraction of sp³-hybridized carbons (Fsp3) is 0.385. The zero-order valence-corrected chi connectivity index (χ0v) is 19.9. The van der Waals surface area contributed by atoms with E-state index in [1.807, 2.05) is 24.3 Å². The lowest BCUT2D eigenvalue weighted by atomic mass is 10.0. The SMILES string of the molecule is CC(C)c1ccc(NC2=C(c3ccc(Cl)cc3)C(=O)N(CCCN3CCOCC3)C2=O)cc1. The minimum absolute atomic E-state index is 0.273. The first-order valence-corrected chi connectivity index (χ1v) is 11.9. The van der Waals surface area contributed by atoms with Crippen LogP contribution in [0.5, 0.6) is 0 Å². The molecule has 6 nitrogen and oxygen atoms in total. The van der Waals surface area contributed by atoms with Crippen molar-refractivity contribution in [3.8, 4) is 0 Å². The third-order valence-electron chi connectivity index (χ3n) is 6.11. The predicted octanol–water partition coefficient (Wildman–Crippen LogP) is 4.38. The van der Waals surface area contributed by atoms with Crippen molar-refractivity contribution >= 4 is 34.7 Å². The molecule has 2 aliphatic rings. The van der Waals surface area contributed by atoms with E-state index < -0.39 is 0 Å². The molecule has 0 unspecified atom stereocenters. The molecule has 2 heterocycles. The van der Waals surface area contributed by atoms with Gasteiger partial charge >= 0.3 is 0 Å². The number of hydrogen-bond acceptors (Lipinski definition) is 5. The number of nitrogens with zero attached hydrogens (tertiary/aromatic N) is 2. The van der Waals surface area contributed by atoms with Crippen molar-refractivity contribution in [1.29, 1.82) is 0 Å². The zero-order valence-electron chi connectivity index (χ0n) is 19.1. The highest BCUT2D eigenvalue weighted by atomic mass is 35.5. The van der Waals surface area contributed by atoms with E-state index in [0.717, 1.165) is 45.0 Å². The Bertz CT molecular complexity index is 1030. The molecular formula is C26H30ClN3O3. The first kappa shape index (κ1) is 23.5. The second-order valence-corrected chi connectivity index (χ2v) is 9.16. The largest absolute Gasteiger partial charge is 0.379 e. The van der Waals surface area contributed by atoms with Crippen LogP contribution in [0.25, 0.3) is 5.57 Å². The van der Waals surface area contributed by atoms with E-state index in [1.165, 1.54) is 10.5 Å². The average Bonchev–Trinajstić information content (AvgIpc) is 3.05. The van der Waals surface area contributed by atoms with Gasteiger partial charge in [-0.1, -0.05) is 49.7 Å². The Labute approximate surface area is 200 Å². The molecule has 0 bridgehead atoms. The van der Waals surface area contributed by atoms with Gasteiger partial charge in [-0.05, 0) is 47.7 Å². The zero-order chi connectivity index (χ0) is 23.4. The predicted molar refractivity (Wildman–Crippen MR) is 131 cm³/mol. The Morgan fingerprint density at radius 1 is 0.939 bits per heavy atom. The summed E-state index contributed by atoms with van der Waals surface area (Å²) in [6, 6.07) is 15.0. The van der Waals surface area contributed by atoms with Crippen LogP contribution in [0.15, 0.2) is 54.2 Å². The number of imide groups is 1. The van der Waals surface area contributed by atoms with Crippen molar-refractivity contribution in [3.63, 3.8) is 0 Å². The smallest absolute Gasteiger partial charge is 0.278 e. The number of halogens is 1. The van der Waals surface area contributed by atoms with Crippen molar-refractivity contribution in [2.75, 3.05) is 44.7 Å². The molecule has 1 fully saturated rings. The minimum Gasteiger partial charge on any atom is -0.379 e. The molecule has 0 aliphatic carbocycles. The van der Waals surface area contributed by atoms with E-state index in [9.17, 15) is 9.59 Å². The average molecular weight is 468 g/mol. The number of anilines is 1. The number of rotatable bonds is 8. The van der Waals surface area contributed by atoms with Crippen molar-refractivity contribution < 1.29 is 14.3 Å². The summed E-state index contributed by atoms with van der Waals surface area (Å²) in [6.07, 6.45) is 0.724. The molecule has 7 heteroatoms. The number of amides is 2. The van der Waals surface area contributed by atoms with Crippen LogP contribution < -0.4 is 5.32 Å². The molecule has 0 aromatic heterocycles. The maximum atomic E-state index is 13.4. The van der Waals surface area contributed by atoms with Crippen LogP contribution >= 0.6 is 11.6 Å². The molecule has 2 aromatic rings. The molecule has 0 radical (unpaired) electrons. The molecule has 4 rings (SSSR count). The number of morpholine rings is 1. The summed E-state index contributed by atoms with van der Waals surface area (Å²) >= 11 is 6.05. The van der Waals surface area contributed by atoms with E-state index in [4.69, 9.17) is 16.3 Å². The van der Waals surface area contributed by atoms with Gasteiger partial charge in [0, 0.05) is 36.9 Å². The quantitative estimate of drug-likeness (QED) is 0.584. The van der Waals surface area contributed by atoms with Crippen LogP contribution in [0.3, 0.4) is 0 Å². The fourth-order valence-corrected chi connectivity index (χ4v) is 4.28. The standard InChI is InChI=1S/C26H30ClN3O3/c1-18(2)19-6-10-22(11-7-19)28-24-23(20-4-8-21(27)9-5-20)25(31)30(26(24)32)13-3-12-29-14-16-33-17-15-29/h4-11,18,28H,3,12-17H2,1-2H3. The molecule has 1 saturated heterocycles. The topological polar surface area (TPSA) is 61.9 Å². The molecular weight excluding hydrogens is 438 g/mol. The normalized spacial score (nSPS) is 17.4. The second-order valence-electron chi connectivity index (χ2n) is 8.73. The van der Waals surface area contributed by atoms with Crippen LogP contribution in [0.2, 0.25) is 5.02 Å². The number of carbonyl (C=O) groups excluding carboxylic acids is 2. The summed E-state index contributed by atoms with van der Waals surface area (Å²) in [6.45, 7) is 8.71. The van der Waals surface area contributed by atoms with Crippen molar-refractivity contribution in [3.05, 3.63) is 70.4 Å². The number of ether oxygens (including phenoxy) is 1. The number of carbonyl (C=O) groups is 2. The van der Waals surface area contributed by atoms with Gasteiger partial charge in [-0.25, -0.2) is 0 Å². The van der Waals surface area contributed by atoms with Gasteiger partial charge in [0.15, 0.2) is 0 Å². The monoisotopic (exact) mass is 467 g/mol. The summed E-state index contributed by atoms with van der Waals surface area (Å²) in [5, 5.41) is 3.81. The molecule has 2 amide bonds. The summed E-state index contributed by atoms with van der Waals surface area (Å²) in [5.41, 5.74) is 3.36. The summed E-state index contributed by atoms with van der Waals surface area (Å²) in [4.78, 5) is 30.4. The van der Waals surface area contributed by atoms with Gasteiger partial charge in [-0.3, -0.25) is 19.4 Å². The van der Waals surface area contributed by atoms with Gasteiger partial charge in [-0.15, -0.1) is 0 Å². The minimum atomic E-state index is -0.292. The summed E-state index contributed by atoms with van der Waals surface area (Å²) < 4.78 is 5.39. The third-order valence-corrected chi connectivity index (χ3v) is 6.36. The molecule has 2 aliphatic heterocycles. The molecule has 0 saturated carbocycles. The van der Waals surface area contributed by atoms with E-state index in [2.05, 4.69) is 24.1 Å². The van der Waals surface area contributed by atoms with Gasteiger partial charge in [0.05, 0.1) is 18.8 Å². The van der Waals surface area contributed by atoms with E-state index in [-0.39, 0.29) is 11.8 Å². The Hall–Kier alpha value is -2.67. The van der Waals surface area contributed by atoms with Gasteiger partial charge in [-0.2, -0.15) is 0 Å². The highest BCUT2D eigenvalue weighted by Crippen LogP contribution is 2.31. The van der Waals surface area contributed by atoms with Crippen LogP contribution in [0, 0.1) is 0 Å². The summed E-state index contributed by atoms with van der Waals surface area (Å²) in [5.74, 6) is -0.148. The van der Waals surface area contributed by atoms with E-state index >= 15 is 0 Å². The van der Waals surface area contributed by atoms with Gasteiger partial charge in [0.2, 0.25) is 0 Å². The number of benzene rings is 2.